The van der Waals surface area contributed by atoms with Crippen molar-refractivity contribution in [2.75, 3.05) is 0 Å². The SMILES string of the molecule is Cc1ccc(S(=O)(=O)n2cc(B(O)O)c3cc(C)cnc32)cc1. The summed E-state index contributed by atoms with van der Waals surface area (Å²) in [6.07, 6.45) is 2.74. The van der Waals surface area contributed by atoms with Crippen molar-refractivity contribution < 1.29 is 18.5 Å². The van der Waals surface area contributed by atoms with Crippen LogP contribution in [0.15, 0.2) is 47.6 Å². The summed E-state index contributed by atoms with van der Waals surface area (Å²) in [5, 5.41) is 19.4. The van der Waals surface area contributed by atoms with Crippen LogP contribution in [0.25, 0.3) is 11.0 Å². The van der Waals surface area contributed by atoms with Gasteiger partial charge in [0.15, 0.2) is 5.65 Å². The Kier molecular flexibility index (Phi) is 3.75. The molecule has 8 heteroatoms. The molecule has 23 heavy (non-hydrogen) atoms. The van der Waals surface area contributed by atoms with E-state index in [4.69, 9.17) is 0 Å². The molecule has 0 saturated heterocycles. The van der Waals surface area contributed by atoms with Gasteiger partial charge < -0.3 is 10.0 Å². The van der Waals surface area contributed by atoms with Gasteiger partial charge in [-0.1, -0.05) is 17.7 Å². The lowest BCUT2D eigenvalue weighted by Gasteiger charge is -2.07. The Morgan fingerprint density at radius 1 is 1.09 bits per heavy atom. The van der Waals surface area contributed by atoms with E-state index in [1.54, 1.807) is 25.1 Å². The Morgan fingerprint density at radius 2 is 1.74 bits per heavy atom. The fraction of sp³-hybridized carbons (Fsp3) is 0.133. The minimum atomic E-state index is -3.88. The highest BCUT2D eigenvalue weighted by atomic mass is 32.2. The molecule has 2 N–H and O–H groups in total. The van der Waals surface area contributed by atoms with Crippen LogP contribution < -0.4 is 5.46 Å². The zero-order chi connectivity index (χ0) is 16.8. The Balaban J connectivity index is 2.29. The molecule has 0 aliphatic rings. The molecule has 3 aromatic rings. The fourth-order valence-electron chi connectivity index (χ4n) is 2.42. The highest BCUT2D eigenvalue weighted by molar-refractivity contribution is 7.90. The summed E-state index contributed by atoms with van der Waals surface area (Å²) in [6.45, 7) is 3.66. The zero-order valence-electron chi connectivity index (χ0n) is 12.6. The molecule has 0 saturated carbocycles. The molecule has 0 bridgehead atoms. The second-order valence-electron chi connectivity index (χ2n) is 5.46. The molecule has 0 radical (unpaired) electrons. The van der Waals surface area contributed by atoms with Gasteiger partial charge in [0.2, 0.25) is 0 Å². The lowest BCUT2D eigenvalue weighted by Crippen LogP contribution is -2.29. The molecule has 2 aromatic heterocycles. The Hall–Kier alpha value is -2.16. The molecular weight excluding hydrogens is 315 g/mol. The molecule has 3 rings (SSSR count). The minimum Gasteiger partial charge on any atom is -0.423 e. The minimum absolute atomic E-state index is 0.104. The van der Waals surface area contributed by atoms with Crippen molar-refractivity contribution >= 4 is 33.6 Å². The third-order valence-corrected chi connectivity index (χ3v) is 5.30. The van der Waals surface area contributed by atoms with Gasteiger partial charge in [0.25, 0.3) is 10.0 Å². The smallest absolute Gasteiger partial charge is 0.423 e. The normalized spacial score (nSPS) is 11.8. The topological polar surface area (TPSA) is 92.4 Å². The number of benzene rings is 1. The predicted octanol–water partition coefficient (Wildman–Crippen LogP) is 0.570. The molecule has 2 heterocycles. The molecule has 1 aromatic carbocycles. The average Bonchev–Trinajstić information content (AvgIpc) is 2.87. The molecule has 6 nitrogen and oxygen atoms in total. The van der Waals surface area contributed by atoms with Gasteiger partial charge in [0.1, 0.15) is 0 Å². The van der Waals surface area contributed by atoms with Crippen molar-refractivity contribution in [3.63, 3.8) is 0 Å². The van der Waals surface area contributed by atoms with Gasteiger partial charge in [-0.15, -0.1) is 0 Å². The molecule has 118 valence electrons. The Morgan fingerprint density at radius 3 is 2.35 bits per heavy atom. The molecule has 0 aliphatic carbocycles. The van der Waals surface area contributed by atoms with E-state index in [0.29, 0.717) is 5.39 Å². The summed E-state index contributed by atoms with van der Waals surface area (Å²) < 4.78 is 26.7. The van der Waals surface area contributed by atoms with Crippen LogP contribution in [0.5, 0.6) is 0 Å². The quantitative estimate of drug-likeness (QED) is 0.685. The van der Waals surface area contributed by atoms with E-state index >= 15 is 0 Å². The third kappa shape index (κ3) is 2.65. The van der Waals surface area contributed by atoms with Crippen molar-refractivity contribution in [2.45, 2.75) is 18.7 Å². The standard InChI is InChI=1S/C15H15BN2O4S/c1-10-3-5-12(6-4-10)23(21,22)18-9-14(16(19)20)13-7-11(2)8-17-15(13)18/h3-9,19-20H,1-2H3. The van der Waals surface area contributed by atoms with Gasteiger partial charge in [-0.2, -0.15) is 0 Å². The lowest BCUT2D eigenvalue weighted by molar-refractivity contribution is 0.426. The number of nitrogens with zero attached hydrogens (tertiary/aromatic N) is 2. The predicted molar refractivity (Wildman–Crippen MR) is 88.1 cm³/mol. The number of rotatable bonds is 3. The average molecular weight is 330 g/mol. The van der Waals surface area contributed by atoms with Crippen LogP contribution in [0.2, 0.25) is 0 Å². The first-order valence-corrected chi connectivity index (χ1v) is 8.40. The molecule has 0 atom stereocenters. The number of hydrogen-bond donors (Lipinski definition) is 2. The number of aryl methyl sites for hydroxylation is 2. The van der Waals surface area contributed by atoms with Gasteiger partial charge in [-0.3, -0.25) is 0 Å². The highest BCUT2D eigenvalue weighted by Gasteiger charge is 2.26. The van der Waals surface area contributed by atoms with Gasteiger partial charge >= 0.3 is 7.12 Å². The maximum Gasteiger partial charge on any atom is 0.490 e. The number of aromatic nitrogens is 2. The summed E-state index contributed by atoms with van der Waals surface area (Å²) in [5.41, 5.74) is 2.01. The van der Waals surface area contributed by atoms with Crippen molar-refractivity contribution in [3.05, 3.63) is 53.9 Å². The van der Waals surface area contributed by atoms with E-state index in [1.807, 2.05) is 6.92 Å². The van der Waals surface area contributed by atoms with Gasteiger partial charge in [-0.25, -0.2) is 17.4 Å². The monoisotopic (exact) mass is 330 g/mol. The van der Waals surface area contributed by atoms with Crippen LogP contribution >= 0.6 is 0 Å². The summed E-state index contributed by atoms with van der Waals surface area (Å²) in [4.78, 5) is 4.27. The number of hydrogen-bond acceptors (Lipinski definition) is 5. The molecule has 0 aliphatic heterocycles. The van der Waals surface area contributed by atoms with Crippen LogP contribution in [0.4, 0.5) is 0 Å². The summed E-state index contributed by atoms with van der Waals surface area (Å²) in [7, 11) is -5.66. The first-order valence-electron chi connectivity index (χ1n) is 6.96. The molecular formula is C15H15BN2O4S. The molecule has 0 unspecified atom stereocenters. The van der Waals surface area contributed by atoms with Crippen LogP contribution in [-0.2, 0) is 10.0 Å². The summed E-state index contributed by atoms with van der Waals surface area (Å²) in [5.74, 6) is 0. The van der Waals surface area contributed by atoms with Crippen molar-refractivity contribution in [3.8, 4) is 0 Å². The first-order chi connectivity index (χ1) is 10.8. The van der Waals surface area contributed by atoms with E-state index in [1.165, 1.54) is 24.5 Å². The fourth-order valence-corrected chi connectivity index (χ4v) is 3.75. The van der Waals surface area contributed by atoms with Crippen LogP contribution in [0, 0.1) is 13.8 Å². The van der Waals surface area contributed by atoms with Crippen LogP contribution in [0.1, 0.15) is 11.1 Å². The van der Waals surface area contributed by atoms with E-state index in [0.717, 1.165) is 15.1 Å². The highest BCUT2D eigenvalue weighted by Crippen LogP contribution is 2.21. The molecule has 0 amide bonds. The van der Waals surface area contributed by atoms with Gasteiger partial charge in [0, 0.05) is 23.2 Å². The lowest BCUT2D eigenvalue weighted by atomic mass is 9.80. The van der Waals surface area contributed by atoms with Gasteiger partial charge in [-0.05, 0) is 37.6 Å². The van der Waals surface area contributed by atoms with E-state index in [2.05, 4.69) is 4.98 Å². The number of pyridine rings is 1. The summed E-state index contributed by atoms with van der Waals surface area (Å²) in [6, 6.07) is 8.12. The van der Waals surface area contributed by atoms with Crippen molar-refractivity contribution in [1.82, 2.24) is 8.96 Å². The van der Waals surface area contributed by atoms with Crippen LogP contribution in [-0.4, -0.2) is 34.5 Å². The van der Waals surface area contributed by atoms with E-state index in [-0.39, 0.29) is 16.0 Å². The van der Waals surface area contributed by atoms with Crippen LogP contribution in [0.3, 0.4) is 0 Å². The molecule has 0 fully saturated rings. The zero-order valence-corrected chi connectivity index (χ0v) is 13.4. The van der Waals surface area contributed by atoms with E-state index in [9.17, 15) is 18.5 Å². The Labute approximate surface area is 134 Å². The second-order valence-corrected chi connectivity index (χ2v) is 7.27. The van der Waals surface area contributed by atoms with Crippen molar-refractivity contribution in [2.24, 2.45) is 0 Å². The van der Waals surface area contributed by atoms with Crippen molar-refractivity contribution in [1.29, 1.82) is 0 Å². The summed E-state index contributed by atoms with van der Waals surface area (Å²) >= 11 is 0. The third-order valence-electron chi connectivity index (χ3n) is 3.64. The largest absolute Gasteiger partial charge is 0.490 e. The maximum atomic E-state index is 12.8. The molecule has 0 spiro atoms. The Bertz CT molecular complexity index is 979. The second kappa shape index (κ2) is 5.49. The van der Waals surface area contributed by atoms with E-state index < -0.39 is 17.1 Å². The number of fused-ring (bicyclic) bond motifs is 1. The first kappa shape index (κ1) is 15.7. The maximum absolute atomic E-state index is 12.8. The van der Waals surface area contributed by atoms with Gasteiger partial charge in [0.05, 0.1) is 4.90 Å².